The summed E-state index contributed by atoms with van der Waals surface area (Å²) in [5.41, 5.74) is 1.80. The second-order valence-corrected chi connectivity index (χ2v) is 11.2. The Labute approximate surface area is 236 Å². The number of benzene rings is 2. The van der Waals surface area contributed by atoms with Crippen molar-refractivity contribution in [2.45, 2.75) is 52.7 Å². The fraction of sp³-hybridized carbons (Fsp3) is 0.333. The van der Waals surface area contributed by atoms with E-state index in [1.165, 1.54) is 12.1 Å². The van der Waals surface area contributed by atoms with E-state index in [0.717, 1.165) is 23.1 Å². The SMILES string of the molecule is Cc1cc(OCc2nn(C(=O)OC(C)(C)C)c3ncccc23)c(-c2cc(C(=O)N3CCCC3)ccc2F)cc1Cl. The Morgan fingerprint density at radius 1 is 1.07 bits per heavy atom. The number of hydrogen-bond donors (Lipinski definition) is 0. The van der Waals surface area contributed by atoms with Gasteiger partial charge in [-0.2, -0.15) is 5.10 Å². The lowest BCUT2D eigenvalue weighted by Gasteiger charge is -2.18. The molecule has 0 aliphatic carbocycles. The van der Waals surface area contributed by atoms with Gasteiger partial charge in [-0.15, -0.1) is 4.68 Å². The van der Waals surface area contributed by atoms with Crippen LogP contribution in [0.3, 0.4) is 0 Å². The zero-order valence-corrected chi connectivity index (χ0v) is 23.6. The van der Waals surface area contributed by atoms with Crippen molar-refractivity contribution in [3.8, 4) is 16.9 Å². The molecule has 8 nitrogen and oxygen atoms in total. The Morgan fingerprint density at radius 2 is 1.82 bits per heavy atom. The second kappa shape index (κ2) is 10.9. The zero-order valence-electron chi connectivity index (χ0n) is 22.8. The van der Waals surface area contributed by atoms with Gasteiger partial charge in [0.2, 0.25) is 0 Å². The number of likely N-dealkylation sites (tertiary alicyclic amines) is 1. The number of pyridine rings is 1. The number of rotatable bonds is 5. The van der Waals surface area contributed by atoms with Gasteiger partial charge in [0.25, 0.3) is 5.91 Å². The first-order valence-electron chi connectivity index (χ1n) is 13.1. The minimum Gasteiger partial charge on any atom is -0.487 e. The van der Waals surface area contributed by atoms with Crippen LogP contribution in [0.5, 0.6) is 5.75 Å². The molecule has 5 rings (SSSR count). The van der Waals surface area contributed by atoms with Crippen LogP contribution in [0.25, 0.3) is 22.2 Å². The van der Waals surface area contributed by atoms with Crippen molar-refractivity contribution in [1.29, 1.82) is 0 Å². The molecule has 0 unspecified atom stereocenters. The summed E-state index contributed by atoms with van der Waals surface area (Å²) in [5, 5.41) is 5.48. The van der Waals surface area contributed by atoms with Gasteiger partial charge in [0.1, 0.15) is 29.5 Å². The van der Waals surface area contributed by atoms with Gasteiger partial charge in [0, 0.05) is 46.4 Å². The van der Waals surface area contributed by atoms with Gasteiger partial charge < -0.3 is 14.4 Å². The molecule has 2 aromatic heterocycles. The molecule has 40 heavy (non-hydrogen) atoms. The van der Waals surface area contributed by atoms with Crippen LogP contribution >= 0.6 is 11.6 Å². The van der Waals surface area contributed by atoms with E-state index in [4.69, 9.17) is 21.1 Å². The molecule has 0 saturated carbocycles. The summed E-state index contributed by atoms with van der Waals surface area (Å²) in [4.78, 5) is 31.9. The number of carbonyl (C=O) groups excluding carboxylic acids is 2. The van der Waals surface area contributed by atoms with E-state index in [-0.39, 0.29) is 18.1 Å². The lowest BCUT2D eigenvalue weighted by molar-refractivity contribution is 0.0520. The molecular formula is C30H30ClFN4O4. The lowest BCUT2D eigenvalue weighted by Crippen LogP contribution is -2.28. The topological polar surface area (TPSA) is 86.5 Å². The van der Waals surface area contributed by atoms with Crippen LogP contribution in [0.1, 0.15) is 55.2 Å². The molecule has 10 heteroatoms. The van der Waals surface area contributed by atoms with Crippen molar-refractivity contribution >= 4 is 34.6 Å². The number of carbonyl (C=O) groups is 2. The van der Waals surface area contributed by atoms with Crippen molar-refractivity contribution in [3.05, 3.63) is 76.3 Å². The average molecular weight is 565 g/mol. The van der Waals surface area contributed by atoms with Crippen LogP contribution < -0.4 is 4.74 Å². The van der Waals surface area contributed by atoms with E-state index in [1.807, 2.05) is 6.92 Å². The number of aromatic nitrogens is 3. The number of fused-ring (bicyclic) bond motifs is 1. The summed E-state index contributed by atoms with van der Waals surface area (Å²) in [5.74, 6) is -0.284. The molecule has 1 aliphatic heterocycles. The monoisotopic (exact) mass is 564 g/mol. The smallest absolute Gasteiger partial charge is 0.437 e. The van der Waals surface area contributed by atoms with Crippen molar-refractivity contribution in [3.63, 3.8) is 0 Å². The van der Waals surface area contributed by atoms with Crippen molar-refractivity contribution in [1.82, 2.24) is 19.7 Å². The Bertz CT molecular complexity index is 1610. The zero-order chi connectivity index (χ0) is 28.6. The van der Waals surface area contributed by atoms with Crippen LogP contribution in [0.15, 0.2) is 48.7 Å². The largest absolute Gasteiger partial charge is 0.487 e. The standard InChI is InChI=1S/C30H30ClFN4O4/c1-18-14-26(39-17-25-20-8-7-11-33-27(20)36(34-25)29(38)40-30(2,3)4)22(16-23(18)31)21-15-19(9-10-24(21)32)28(37)35-12-5-6-13-35/h7-11,14-16H,5-6,12-13,17H2,1-4H3. The maximum Gasteiger partial charge on any atom is 0.437 e. The molecule has 3 heterocycles. The molecule has 1 amide bonds. The van der Waals surface area contributed by atoms with Gasteiger partial charge in [-0.3, -0.25) is 4.79 Å². The molecule has 0 bridgehead atoms. The quantitative estimate of drug-likeness (QED) is 0.265. The molecular weight excluding hydrogens is 535 g/mol. The van der Waals surface area contributed by atoms with E-state index in [0.29, 0.717) is 51.7 Å². The van der Waals surface area contributed by atoms with E-state index in [9.17, 15) is 9.59 Å². The summed E-state index contributed by atoms with van der Waals surface area (Å²) in [6, 6.07) is 11.2. The predicted molar refractivity (Wildman–Crippen MR) is 150 cm³/mol. The maximum atomic E-state index is 15.2. The molecule has 0 spiro atoms. The summed E-state index contributed by atoms with van der Waals surface area (Å²) >= 11 is 6.45. The third-order valence-corrected chi connectivity index (χ3v) is 7.01. The number of nitrogens with zero attached hydrogens (tertiary/aromatic N) is 4. The van der Waals surface area contributed by atoms with Gasteiger partial charge >= 0.3 is 6.09 Å². The van der Waals surface area contributed by atoms with Crippen LogP contribution in [0.2, 0.25) is 5.02 Å². The highest BCUT2D eigenvalue weighted by molar-refractivity contribution is 6.31. The Kier molecular flexibility index (Phi) is 7.51. The van der Waals surface area contributed by atoms with Gasteiger partial charge in [0.05, 0.1) is 0 Å². The summed E-state index contributed by atoms with van der Waals surface area (Å²) in [7, 11) is 0. The predicted octanol–water partition coefficient (Wildman–Crippen LogP) is 6.80. The van der Waals surface area contributed by atoms with Crippen molar-refractivity contribution in [2.24, 2.45) is 0 Å². The maximum absolute atomic E-state index is 15.2. The van der Waals surface area contributed by atoms with Crippen LogP contribution in [-0.4, -0.2) is 50.4 Å². The van der Waals surface area contributed by atoms with Crippen molar-refractivity contribution < 1.29 is 23.5 Å². The molecule has 1 fully saturated rings. The van der Waals surface area contributed by atoms with E-state index in [1.54, 1.807) is 62.2 Å². The Hall–Kier alpha value is -3.98. The number of aryl methyl sites for hydroxylation is 1. The molecule has 0 N–H and O–H groups in total. The summed E-state index contributed by atoms with van der Waals surface area (Å²) in [6.07, 6.45) is 2.82. The van der Waals surface area contributed by atoms with Gasteiger partial charge in [-0.1, -0.05) is 11.6 Å². The average Bonchev–Trinajstić information content (AvgIpc) is 3.57. The van der Waals surface area contributed by atoms with Gasteiger partial charge in [-0.25, -0.2) is 14.2 Å². The molecule has 4 aromatic rings. The van der Waals surface area contributed by atoms with E-state index >= 15 is 4.39 Å². The molecule has 2 aromatic carbocycles. The van der Waals surface area contributed by atoms with Crippen molar-refractivity contribution in [2.75, 3.05) is 13.1 Å². The fourth-order valence-electron chi connectivity index (χ4n) is 4.65. The number of hydrogen-bond acceptors (Lipinski definition) is 6. The van der Waals surface area contributed by atoms with Crippen LogP contribution in [0, 0.1) is 12.7 Å². The fourth-order valence-corrected chi connectivity index (χ4v) is 4.81. The minimum absolute atomic E-state index is 0.0416. The Balaban J connectivity index is 1.50. The van der Waals surface area contributed by atoms with Gasteiger partial charge in [0.15, 0.2) is 5.65 Å². The molecule has 1 aliphatic rings. The summed E-state index contributed by atoms with van der Waals surface area (Å²) < 4.78 is 28.0. The molecule has 0 radical (unpaired) electrons. The third-order valence-electron chi connectivity index (χ3n) is 6.61. The second-order valence-electron chi connectivity index (χ2n) is 10.8. The minimum atomic E-state index is -0.717. The van der Waals surface area contributed by atoms with E-state index < -0.39 is 17.5 Å². The lowest BCUT2D eigenvalue weighted by atomic mass is 9.99. The first kappa shape index (κ1) is 27.6. The highest BCUT2D eigenvalue weighted by Crippen LogP contribution is 2.37. The van der Waals surface area contributed by atoms with Gasteiger partial charge in [-0.05, 0) is 88.6 Å². The first-order valence-corrected chi connectivity index (χ1v) is 13.5. The molecule has 0 atom stereocenters. The third kappa shape index (κ3) is 5.65. The number of halogens is 2. The highest BCUT2D eigenvalue weighted by Gasteiger charge is 2.25. The molecule has 208 valence electrons. The van der Waals surface area contributed by atoms with Crippen LogP contribution in [-0.2, 0) is 11.3 Å². The molecule has 1 saturated heterocycles. The highest BCUT2D eigenvalue weighted by atomic mass is 35.5. The van der Waals surface area contributed by atoms with Crippen LogP contribution in [0.4, 0.5) is 9.18 Å². The number of amides is 1. The normalized spacial score (nSPS) is 13.6. The van der Waals surface area contributed by atoms with E-state index in [2.05, 4.69) is 10.1 Å². The Morgan fingerprint density at radius 3 is 2.55 bits per heavy atom. The summed E-state index contributed by atoms with van der Waals surface area (Å²) in [6.45, 7) is 8.46. The number of ether oxygens (including phenoxy) is 2. The first-order chi connectivity index (χ1) is 19.0.